The number of aromatic nitrogens is 2. The van der Waals surface area contributed by atoms with Gasteiger partial charge in [-0.3, -0.25) is 9.69 Å². The quantitative estimate of drug-likeness (QED) is 0.455. The number of aryl methyl sites for hydroxylation is 1. The molecule has 1 N–H and O–H groups in total. The van der Waals surface area contributed by atoms with Gasteiger partial charge in [-0.1, -0.05) is 30.3 Å². The van der Waals surface area contributed by atoms with E-state index in [0.717, 1.165) is 41.0 Å². The van der Waals surface area contributed by atoms with Crippen LogP contribution in [0.3, 0.4) is 0 Å². The van der Waals surface area contributed by atoms with E-state index < -0.39 is 23.3 Å². The highest BCUT2D eigenvalue weighted by molar-refractivity contribution is 5.87. The number of nitrogens with zero attached hydrogens (tertiary/aromatic N) is 5. The average Bonchev–Trinajstić information content (AvgIpc) is 3.51. The van der Waals surface area contributed by atoms with Crippen molar-refractivity contribution in [2.24, 2.45) is 0 Å². The number of nitrogens with one attached hydrogen (secondary N) is 1. The predicted octanol–water partition coefficient (Wildman–Crippen LogP) is 5.37. The van der Waals surface area contributed by atoms with Crippen LogP contribution in [0.1, 0.15) is 69.3 Å². The number of carbonyl (C=O) groups is 2. The summed E-state index contributed by atoms with van der Waals surface area (Å²) in [5.74, 6) is 0.338. The monoisotopic (exact) mass is 550 g/mol. The van der Waals surface area contributed by atoms with Crippen molar-refractivity contribution in [3.63, 3.8) is 0 Å². The summed E-state index contributed by atoms with van der Waals surface area (Å²) in [5, 5.41) is 22.7. The molecule has 1 aliphatic carbocycles. The zero-order valence-electron chi connectivity index (χ0n) is 23.8. The van der Waals surface area contributed by atoms with Crippen LogP contribution >= 0.6 is 0 Å². The third kappa shape index (κ3) is 5.67. The summed E-state index contributed by atoms with van der Waals surface area (Å²) < 4.78 is 7.43. The highest BCUT2D eigenvalue weighted by Gasteiger charge is 2.57. The molecule has 1 unspecified atom stereocenters. The summed E-state index contributed by atoms with van der Waals surface area (Å²) in [6.45, 7) is 7.75. The zero-order chi connectivity index (χ0) is 29.4. The molecular weight excluding hydrogens is 516 g/mol. The zero-order valence-corrected chi connectivity index (χ0v) is 23.8. The Morgan fingerprint density at radius 1 is 1.10 bits per heavy atom. The Morgan fingerprint density at radius 2 is 1.83 bits per heavy atom. The number of ether oxygens (including phenoxy) is 1. The molecule has 0 radical (unpaired) electrons. The fourth-order valence-electron chi connectivity index (χ4n) is 5.55. The first-order valence-corrected chi connectivity index (χ1v) is 13.9. The summed E-state index contributed by atoms with van der Waals surface area (Å²) in [6.07, 6.45) is 5.73. The number of benzene rings is 2. The molecule has 3 atom stereocenters. The van der Waals surface area contributed by atoms with Crippen molar-refractivity contribution in [3.05, 3.63) is 71.8 Å². The Labute approximate surface area is 240 Å². The highest BCUT2D eigenvalue weighted by Crippen LogP contribution is 2.51. The van der Waals surface area contributed by atoms with Crippen molar-refractivity contribution < 1.29 is 14.3 Å². The molecule has 1 aliphatic heterocycles. The van der Waals surface area contributed by atoms with E-state index >= 15 is 0 Å². The molecule has 2 amide bonds. The van der Waals surface area contributed by atoms with Gasteiger partial charge in [0.05, 0.1) is 17.3 Å². The van der Waals surface area contributed by atoms with Crippen LogP contribution in [0.25, 0.3) is 16.8 Å². The van der Waals surface area contributed by atoms with Crippen LogP contribution in [0.15, 0.2) is 54.9 Å². The molecule has 210 valence electrons. The molecule has 5 rings (SSSR count). The van der Waals surface area contributed by atoms with E-state index in [0.29, 0.717) is 24.9 Å². The minimum Gasteiger partial charge on any atom is -0.444 e. The average molecular weight is 551 g/mol. The summed E-state index contributed by atoms with van der Waals surface area (Å²) in [4.78, 5) is 31.9. The molecule has 2 aliphatic rings. The van der Waals surface area contributed by atoms with E-state index in [9.17, 15) is 20.1 Å². The van der Waals surface area contributed by atoms with Crippen molar-refractivity contribution >= 4 is 12.0 Å². The van der Waals surface area contributed by atoms with Gasteiger partial charge in [-0.15, -0.1) is 0 Å². The lowest BCUT2D eigenvalue weighted by Crippen LogP contribution is -2.55. The smallest absolute Gasteiger partial charge is 0.410 e. The molecule has 0 bridgehead atoms. The fraction of sp³-hybridized carbons (Fsp3) is 0.406. The summed E-state index contributed by atoms with van der Waals surface area (Å²) in [6, 6.07) is 17.6. The second-order valence-corrected chi connectivity index (χ2v) is 11.8. The number of hydrogen-bond donors (Lipinski definition) is 1. The van der Waals surface area contributed by atoms with Gasteiger partial charge in [-0.25, -0.2) is 9.78 Å². The molecule has 2 aromatic carbocycles. The molecule has 3 aromatic rings. The van der Waals surface area contributed by atoms with Crippen molar-refractivity contribution in [1.82, 2.24) is 19.8 Å². The van der Waals surface area contributed by atoms with Crippen LogP contribution in [-0.4, -0.2) is 50.2 Å². The third-order valence-corrected chi connectivity index (χ3v) is 7.79. The van der Waals surface area contributed by atoms with E-state index in [-0.39, 0.29) is 11.8 Å². The van der Waals surface area contributed by atoms with Gasteiger partial charge in [0.15, 0.2) is 0 Å². The van der Waals surface area contributed by atoms with E-state index in [1.165, 1.54) is 4.90 Å². The maximum Gasteiger partial charge on any atom is 0.410 e. The molecule has 1 aromatic heterocycles. The van der Waals surface area contributed by atoms with Gasteiger partial charge in [-0.2, -0.15) is 10.5 Å². The second-order valence-electron chi connectivity index (χ2n) is 11.8. The Bertz CT molecular complexity index is 1560. The molecule has 1 saturated heterocycles. The van der Waals surface area contributed by atoms with Gasteiger partial charge in [-0.05, 0) is 82.2 Å². The van der Waals surface area contributed by atoms with Gasteiger partial charge in [0, 0.05) is 24.9 Å². The largest absolute Gasteiger partial charge is 0.444 e. The molecule has 2 fully saturated rings. The third-order valence-electron chi connectivity index (χ3n) is 7.79. The molecule has 1 saturated carbocycles. The molecule has 9 nitrogen and oxygen atoms in total. The SMILES string of the molecule is Cc1nccn1-c1cc(-c2ccc([C@@H]3CC3(C#N)NC(=O)[C@@H]3CCCCN3C(=O)OC(C)(C)C)cc2)ccc1C#N. The van der Waals surface area contributed by atoms with Crippen LogP contribution in [0, 0.1) is 29.6 Å². The Kier molecular flexibility index (Phi) is 7.31. The number of carbonyl (C=O) groups excluding carboxylic acids is 2. The Balaban J connectivity index is 1.31. The maximum atomic E-state index is 13.4. The number of rotatable bonds is 5. The Hall–Kier alpha value is -4.63. The number of likely N-dealkylation sites (tertiary alicyclic amines) is 1. The number of hydrogen-bond acceptors (Lipinski definition) is 6. The maximum absolute atomic E-state index is 13.4. The van der Waals surface area contributed by atoms with Gasteiger partial charge in [0.25, 0.3) is 0 Å². The fourth-order valence-corrected chi connectivity index (χ4v) is 5.55. The lowest BCUT2D eigenvalue weighted by molar-refractivity contribution is -0.128. The first-order valence-electron chi connectivity index (χ1n) is 13.9. The van der Waals surface area contributed by atoms with E-state index in [2.05, 4.69) is 22.4 Å². The molecular formula is C32H34N6O3. The van der Waals surface area contributed by atoms with Crippen molar-refractivity contribution in [2.75, 3.05) is 6.54 Å². The van der Waals surface area contributed by atoms with Crippen LogP contribution in [0.2, 0.25) is 0 Å². The Morgan fingerprint density at radius 3 is 2.46 bits per heavy atom. The van der Waals surface area contributed by atoms with Crippen LogP contribution < -0.4 is 5.32 Å². The van der Waals surface area contributed by atoms with Crippen LogP contribution in [-0.2, 0) is 9.53 Å². The summed E-state index contributed by atoms with van der Waals surface area (Å²) >= 11 is 0. The topological polar surface area (TPSA) is 124 Å². The van der Waals surface area contributed by atoms with Gasteiger partial charge in [0.1, 0.15) is 29.1 Å². The van der Waals surface area contributed by atoms with Crippen molar-refractivity contribution in [1.29, 1.82) is 10.5 Å². The van der Waals surface area contributed by atoms with Crippen molar-refractivity contribution in [3.8, 4) is 29.0 Å². The first-order chi connectivity index (χ1) is 19.5. The second kappa shape index (κ2) is 10.7. The summed E-state index contributed by atoms with van der Waals surface area (Å²) in [5.41, 5.74) is 2.55. The van der Waals surface area contributed by atoms with E-state index in [1.54, 1.807) is 33.0 Å². The summed E-state index contributed by atoms with van der Waals surface area (Å²) in [7, 11) is 0. The lowest BCUT2D eigenvalue weighted by Gasteiger charge is -2.36. The molecule has 0 spiro atoms. The van der Waals surface area contributed by atoms with E-state index in [1.807, 2.05) is 54.1 Å². The van der Waals surface area contributed by atoms with Crippen LogP contribution in [0.4, 0.5) is 4.79 Å². The minimum atomic E-state index is -1.00. The molecule has 41 heavy (non-hydrogen) atoms. The molecule has 2 heterocycles. The van der Waals surface area contributed by atoms with Gasteiger partial charge < -0.3 is 14.6 Å². The predicted molar refractivity (Wildman–Crippen MR) is 153 cm³/mol. The van der Waals surface area contributed by atoms with Gasteiger partial charge in [0.2, 0.25) is 5.91 Å². The first kappa shape index (κ1) is 27.9. The van der Waals surface area contributed by atoms with E-state index in [4.69, 9.17) is 4.74 Å². The van der Waals surface area contributed by atoms with Gasteiger partial charge >= 0.3 is 6.09 Å². The number of nitriles is 2. The number of piperidine rings is 1. The number of amides is 2. The lowest BCUT2D eigenvalue weighted by atomic mass is 9.98. The minimum absolute atomic E-state index is 0.144. The van der Waals surface area contributed by atoms with Crippen LogP contribution in [0.5, 0.6) is 0 Å². The standard InChI is InChI=1S/C32H34N6O3/c1-21-35-14-16-37(21)28-17-24(12-13-25(28)19-33)22-8-10-23(11-9-22)26-18-32(26,20-34)36-29(39)27-7-5-6-15-38(27)30(40)41-31(2,3)4/h8-14,16-17,26-27H,5-7,15,18H2,1-4H3,(H,36,39)/t26-,27-,32?/m0/s1. The number of imidazole rings is 1. The molecule has 9 heteroatoms. The normalized spacial score (nSPS) is 21.9. The highest BCUT2D eigenvalue weighted by atomic mass is 16.6. The van der Waals surface area contributed by atoms with Crippen molar-refractivity contribution in [2.45, 2.75) is 76.5 Å².